The molecule has 0 radical (unpaired) electrons. The highest BCUT2D eigenvalue weighted by molar-refractivity contribution is 7.88. The van der Waals surface area contributed by atoms with Crippen LogP contribution >= 0.6 is 0 Å². The number of nitrogens with zero attached hydrogens (tertiary/aromatic N) is 1. The lowest BCUT2D eigenvalue weighted by Crippen LogP contribution is -2.41. The number of anilines is 1. The van der Waals surface area contributed by atoms with Gasteiger partial charge < -0.3 is 5.32 Å². The van der Waals surface area contributed by atoms with E-state index in [9.17, 15) is 13.2 Å². The minimum absolute atomic E-state index is 0.00180. The molecule has 1 aliphatic heterocycles. The van der Waals surface area contributed by atoms with Crippen LogP contribution in [0.3, 0.4) is 0 Å². The number of carbonyl (C=O) groups is 1. The summed E-state index contributed by atoms with van der Waals surface area (Å²) in [5.41, 5.74) is 4.36. The van der Waals surface area contributed by atoms with Crippen LogP contribution in [0, 0.1) is 5.92 Å². The summed E-state index contributed by atoms with van der Waals surface area (Å²) in [4.78, 5) is 12.6. The number of hydrogen-bond acceptors (Lipinski definition) is 3. The van der Waals surface area contributed by atoms with Gasteiger partial charge in [-0.1, -0.05) is 36.4 Å². The van der Waals surface area contributed by atoms with Gasteiger partial charge in [-0.05, 0) is 60.9 Å². The smallest absolute Gasteiger partial charge is 0.227 e. The van der Waals surface area contributed by atoms with Crippen molar-refractivity contribution in [3.63, 3.8) is 0 Å². The molecule has 2 aliphatic rings. The Balaban J connectivity index is 1.32. The number of aryl methyl sites for hydroxylation is 2. The third-order valence-corrected chi connectivity index (χ3v) is 7.63. The van der Waals surface area contributed by atoms with Gasteiger partial charge in [0.05, 0.1) is 5.75 Å². The molecule has 1 N–H and O–H groups in total. The van der Waals surface area contributed by atoms with Crippen molar-refractivity contribution in [2.45, 2.75) is 37.9 Å². The van der Waals surface area contributed by atoms with E-state index in [-0.39, 0.29) is 17.6 Å². The molecule has 1 heterocycles. The number of piperidine rings is 1. The molecule has 148 valence electrons. The number of rotatable bonds is 5. The summed E-state index contributed by atoms with van der Waals surface area (Å²) in [5, 5.41) is 3.03. The monoisotopic (exact) mass is 398 g/mol. The Morgan fingerprint density at radius 1 is 1.00 bits per heavy atom. The molecule has 0 bridgehead atoms. The summed E-state index contributed by atoms with van der Waals surface area (Å²) in [6.45, 7) is 0.800. The van der Waals surface area contributed by atoms with Crippen molar-refractivity contribution in [2.24, 2.45) is 5.92 Å². The average molecular weight is 399 g/mol. The lowest BCUT2D eigenvalue weighted by molar-refractivity contribution is -0.120. The molecule has 0 unspecified atom stereocenters. The molecular formula is C22H26N2O3S. The Morgan fingerprint density at radius 3 is 2.46 bits per heavy atom. The van der Waals surface area contributed by atoms with Crippen LogP contribution in [-0.4, -0.2) is 31.7 Å². The van der Waals surface area contributed by atoms with Crippen LogP contribution in [0.25, 0.3) is 0 Å². The van der Waals surface area contributed by atoms with E-state index in [0.29, 0.717) is 25.9 Å². The molecule has 0 atom stereocenters. The lowest BCUT2D eigenvalue weighted by atomic mass is 9.97. The van der Waals surface area contributed by atoms with Crippen molar-refractivity contribution < 1.29 is 13.2 Å². The topological polar surface area (TPSA) is 66.5 Å². The highest BCUT2D eigenvalue weighted by Crippen LogP contribution is 2.27. The van der Waals surface area contributed by atoms with Gasteiger partial charge in [0.1, 0.15) is 0 Å². The SMILES string of the molecule is O=C(Nc1ccc2c(c1)CCC2)C1CCN(S(=O)(=O)Cc2ccccc2)CC1. The minimum atomic E-state index is -3.35. The predicted octanol–water partition coefficient (Wildman–Crippen LogP) is 3.36. The molecular weight excluding hydrogens is 372 g/mol. The zero-order valence-electron chi connectivity index (χ0n) is 15.9. The fourth-order valence-electron chi connectivity index (χ4n) is 4.17. The van der Waals surface area contributed by atoms with Crippen molar-refractivity contribution in [3.05, 3.63) is 65.2 Å². The fourth-order valence-corrected chi connectivity index (χ4v) is 5.73. The van der Waals surface area contributed by atoms with Crippen LogP contribution in [0.1, 0.15) is 36.0 Å². The Kier molecular flexibility index (Phi) is 5.51. The zero-order chi connectivity index (χ0) is 19.6. The number of amides is 1. The highest BCUT2D eigenvalue weighted by Gasteiger charge is 2.31. The second-order valence-corrected chi connectivity index (χ2v) is 9.71. The first-order valence-electron chi connectivity index (χ1n) is 9.96. The van der Waals surface area contributed by atoms with Gasteiger partial charge in [-0.3, -0.25) is 4.79 Å². The van der Waals surface area contributed by atoms with Crippen molar-refractivity contribution in [1.29, 1.82) is 0 Å². The molecule has 0 saturated carbocycles. The van der Waals surface area contributed by atoms with Gasteiger partial charge in [0.25, 0.3) is 0 Å². The van der Waals surface area contributed by atoms with Gasteiger partial charge in [-0.25, -0.2) is 12.7 Å². The number of sulfonamides is 1. The van der Waals surface area contributed by atoms with Crippen LogP contribution in [0.4, 0.5) is 5.69 Å². The Hall–Kier alpha value is -2.18. The second kappa shape index (κ2) is 8.05. The first-order valence-corrected chi connectivity index (χ1v) is 11.6. The molecule has 2 aromatic carbocycles. The molecule has 28 heavy (non-hydrogen) atoms. The lowest BCUT2D eigenvalue weighted by Gasteiger charge is -2.30. The van der Waals surface area contributed by atoms with Crippen molar-refractivity contribution in [1.82, 2.24) is 4.31 Å². The van der Waals surface area contributed by atoms with Crippen LogP contribution in [-0.2, 0) is 33.4 Å². The van der Waals surface area contributed by atoms with E-state index in [1.807, 2.05) is 36.4 Å². The Morgan fingerprint density at radius 2 is 1.71 bits per heavy atom. The van der Waals surface area contributed by atoms with Gasteiger partial charge in [0.15, 0.2) is 0 Å². The van der Waals surface area contributed by atoms with Crippen LogP contribution in [0.5, 0.6) is 0 Å². The first-order chi connectivity index (χ1) is 13.5. The van der Waals surface area contributed by atoms with Crippen molar-refractivity contribution in [3.8, 4) is 0 Å². The molecule has 5 nitrogen and oxygen atoms in total. The molecule has 1 fully saturated rings. The zero-order valence-corrected chi connectivity index (χ0v) is 16.7. The molecule has 1 aliphatic carbocycles. The molecule has 1 amide bonds. The molecule has 1 saturated heterocycles. The molecule has 6 heteroatoms. The highest BCUT2D eigenvalue weighted by atomic mass is 32.2. The summed E-state index contributed by atoms with van der Waals surface area (Å²) in [6, 6.07) is 15.4. The summed E-state index contributed by atoms with van der Waals surface area (Å²) in [6.07, 6.45) is 4.51. The number of hydrogen-bond donors (Lipinski definition) is 1. The van der Waals surface area contributed by atoms with Gasteiger partial charge in [0.2, 0.25) is 15.9 Å². The maximum Gasteiger partial charge on any atom is 0.227 e. The van der Waals surface area contributed by atoms with E-state index < -0.39 is 10.0 Å². The Bertz CT molecular complexity index is 949. The largest absolute Gasteiger partial charge is 0.326 e. The number of benzene rings is 2. The van der Waals surface area contributed by atoms with E-state index in [4.69, 9.17) is 0 Å². The van der Waals surface area contributed by atoms with Gasteiger partial charge in [-0.15, -0.1) is 0 Å². The minimum Gasteiger partial charge on any atom is -0.326 e. The number of fused-ring (bicyclic) bond motifs is 1. The standard InChI is InChI=1S/C22H26N2O3S/c25-22(23-21-10-9-18-7-4-8-20(18)15-21)19-11-13-24(14-12-19)28(26,27)16-17-5-2-1-3-6-17/h1-3,5-6,9-10,15,19H,4,7-8,11-14,16H2,(H,23,25). The quantitative estimate of drug-likeness (QED) is 0.840. The van der Waals surface area contributed by atoms with Gasteiger partial charge in [-0.2, -0.15) is 0 Å². The first kappa shape index (κ1) is 19.2. The molecule has 0 spiro atoms. The van der Waals surface area contributed by atoms with Crippen LogP contribution in [0.15, 0.2) is 48.5 Å². The average Bonchev–Trinajstić information content (AvgIpc) is 3.16. The van der Waals surface area contributed by atoms with Crippen molar-refractivity contribution >= 4 is 21.6 Å². The maximum absolute atomic E-state index is 12.7. The van der Waals surface area contributed by atoms with Crippen LogP contribution < -0.4 is 5.32 Å². The summed E-state index contributed by atoms with van der Waals surface area (Å²) in [5.74, 6) is -0.130. The Labute approximate surface area is 166 Å². The van der Waals surface area contributed by atoms with Gasteiger partial charge >= 0.3 is 0 Å². The van der Waals surface area contributed by atoms with Crippen LogP contribution in [0.2, 0.25) is 0 Å². The number of carbonyl (C=O) groups excluding carboxylic acids is 1. The molecule has 2 aromatic rings. The third kappa shape index (κ3) is 4.28. The van der Waals surface area contributed by atoms with E-state index in [2.05, 4.69) is 17.4 Å². The second-order valence-electron chi connectivity index (χ2n) is 7.74. The summed E-state index contributed by atoms with van der Waals surface area (Å²) < 4.78 is 26.8. The van der Waals surface area contributed by atoms with E-state index >= 15 is 0 Å². The van der Waals surface area contributed by atoms with E-state index in [1.54, 1.807) is 0 Å². The maximum atomic E-state index is 12.7. The van der Waals surface area contributed by atoms with E-state index in [0.717, 1.165) is 24.1 Å². The number of nitrogens with one attached hydrogen (secondary N) is 1. The fraction of sp³-hybridized carbons (Fsp3) is 0.409. The van der Waals surface area contributed by atoms with Gasteiger partial charge in [0, 0.05) is 24.7 Å². The molecule has 4 rings (SSSR count). The summed E-state index contributed by atoms with van der Waals surface area (Å²) >= 11 is 0. The molecule has 0 aromatic heterocycles. The van der Waals surface area contributed by atoms with E-state index in [1.165, 1.54) is 21.9 Å². The van der Waals surface area contributed by atoms with Crippen molar-refractivity contribution in [2.75, 3.05) is 18.4 Å². The normalized spacial score (nSPS) is 18.0. The predicted molar refractivity (Wildman–Crippen MR) is 110 cm³/mol. The third-order valence-electron chi connectivity index (χ3n) is 5.78. The summed E-state index contributed by atoms with van der Waals surface area (Å²) in [7, 11) is -3.35.